The fourth-order valence-corrected chi connectivity index (χ4v) is 3.45. The number of carbonyl (C=O) groups excluding carboxylic acids is 1. The highest BCUT2D eigenvalue weighted by atomic mass is 35.5. The average molecular weight is 297 g/mol. The molecule has 1 spiro atoms. The maximum absolute atomic E-state index is 12.3. The number of hydrogen-bond acceptors (Lipinski definition) is 3. The molecule has 110 valence electrons. The van der Waals surface area contributed by atoms with Gasteiger partial charge in [0.05, 0.1) is 12.5 Å². The molecule has 1 amide bonds. The van der Waals surface area contributed by atoms with Crippen molar-refractivity contribution >= 4 is 18.3 Å². The third kappa shape index (κ3) is 2.38. The van der Waals surface area contributed by atoms with E-state index in [0.29, 0.717) is 0 Å². The van der Waals surface area contributed by atoms with Gasteiger partial charge in [0.1, 0.15) is 5.75 Å². The molecule has 1 aromatic rings. The lowest BCUT2D eigenvalue weighted by atomic mass is 9.68. The van der Waals surface area contributed by atoms with Crippen molar-refractivity contribution in [3.63, 3.8) is 0 Å². The normalized spacial score (nSPS) is 24.1. The maximum atomic E-state index is 12.3. The highest BCUT2D eigenvalue weighted by Gasteiger charge is 2.50. The molecule has 0 radical (unpaired) electrons. The van der Waals surface area contributed by atoms with Crippen molar-refractivity contribution in [3.05, 3.63) is 29.8 Å². The molecule has 4 nitrogen and oxygen atoms in total. The molecule has 0 aliphatic carbocycles. The molecule has 1 unspecified atom stereocenters. The number of halogens is 1. The van der Waals surface area contributed by atoms with Crippen LogP contribution in [-0.4, -0.2) is 32.7 Å². The van der Waals surface area contributed by atoms with Gasteiger partial charge in [-0.05, 0) is 43.6 Å². The molecule has 1 aromatic carbocycles. The Morgan fingerprint density at radius 3 is 2.45 bits per heavy atom. The number of carbonyl (C=O) groups is 1. The SMILES string of the molecule is COc1ccc(C2CNC(=O)C23CCNCC3)cc1.Cl. The summed E-state index contributed by atoms with van der Waals surface area (Å²) in [4.78, 5) is 12.3. The first-order valence-corrected chi connectivity index (χ1v) is 6.89. The monoisotopic (exact) mass is 296 g/mol. The number of hydrogen-bond donors (Lipinski definition) is 2. The van der Waals surface area contributed by atoms with Crippen LogP contribution in [0.4, 0.5) is 0 Å². The summed E-state index contributed by atoms with van der Waals surface area (Å²) in [6.45, 7) is 2.62. The zero-order chi connectivity index (χ0) is 13.3. The van der Waals surface area contributed by atoms with E-state index in [4.69, 9.17) is 4.74 Å². The predicted octanol–water partition coefficient (Wildman–Crippen LogP) is 1.70. The molecule has 20 heavy (non-hydrogen) atoms. The van der Waals surface area contributed by atoms with Gasteiger partial charge >= 0.3 is 0 Å². The minimum atomic E-state index is -0.208. The van der Waals surface area contributed by atoms with Crippen molar-refractivity contribution < 1.29 is 9.53 Å². The second-order valence-electron chi connectivity index (χ2n) is 5.44. The molecule has 0 saturated carbocycles. The minimum Gasteiger partial charge on any atom is -0.497 e. The van der Waals surface area contributed by atoms with Crippen LogP contribution in [-0.2, 0) is 4.79 Å². The number of ether oxygens (including phenoxy) is 1. The van der Waals surface area contributed by atoms with Crippen LogP contribution in [0.5, 0.6) is 5.75 Å². The number of methoxy groups -OCH3 is 1. The summed E-state index contributed by atoms with van der Waals surface area (Å²) < 4.78 is 5.20. The number of piperidine rings is 1. The Bertz CT molecular complexity index is 469. The quantitative estimate of drug-likeness (QED) is 0.873. The summed E-state index contributed by atoms with van der Waals surface area (Å²) in [5.74, 6) is 1.38. The Labute approximate surface area is 125 Å². The lowest BCUT2D eigenvalue weighted by Gasteiger charge is -2.36. The van der Waals surface area contributed by atoms with Crippen molar-refractivity contribution in [1.29, 1.82) is 0 Å². The highest BCUT2D eigenvalue weighted by molar-refractivity contribution is 5.86. The van der Waals surface area contributed by atoms with Crippen molar-refractivity contribution in [2.75, 3.05) is 26.7 Å². The van der Waals surface area contributed by atoms with E-state index in [2.05, 4.69) is 22.8 Å². The third-order valence-corrected chi connectivity index (χ3v) is 4.60. The van der Waals surface area contributed by atoms with Gasteiger partial charge in [0.15, 0.2) is 0 Å². The maximum Gasteiger partial charge on any atom is 0.227 e. The Morgan fingerprint density at radius 1 is 1.20 bits per heavy atom. The van der Waals surface area contributed by atoms with E-state index in [-0.39, 0.29) is 29.6 Å². The molecule has 2 heterocycles. The van der Waals surface area contributed by atoms with E-state index < -0.39 is 0 Å². The molecular weight excluding hydrogens is 276 g/mol. The number of benzene rings is 1. The van der Waals surface area contributed by atoms with Crippen LogP contribution in [0.25, 0.3) is 0 Å². The van der Waals surface area contributed by atoms with Gasteiger partial charge in [-0.1, -0.05) is 12.1 Å². The Hall–Kier alpha value is -1.26. The first-order chi connectivity index (χ1) is 9.26. The minimum absolute atomic E-state index is 0. The van der Waals surface area contributed by atoms with Crippen LogP contribution in [0.3, 0.4) is 0 Å². The van der Waals surface area contributed by atoms with E-state index >= 15 is 0 Å². The van der Waals surface area contributed by atoms with E-state index in [0.717, 1.165) is 38.2 Å². The predicted molar refractivity (Wildman–Crippen MR) is 80.5 cm³/mol. The molecule has 1 atom stereocenters. The van der Waals surface area contributed by atoms with Crippen LogP contribution < -0.4 is 15.4 Å². The molecule has 5 heteroatoms. The lowest BCUT2D eigenvalue weighted by molar-refractivity contribution is -0.129. The van der Waals surface area contributed by atoms with Gasteiger partial charge in [0.25, 0.3) is 0 Å². The van der Waals surface area contributed by atoms with Crippen molar-refractivity contribution in [1.82, 2.24) is 10.6 Å². The molecule has 2 N–H and O–H groups in total. The molecule has 2 aliphatic rings. The van der Waals surface area contributed by atoms with Gasteiger partial charge in [-0.3, -0.25) is 4.79 Å². The lowest BCUT2D eigenvalue weighted by Crippen LogP contribution is -2.44. The van der Waals surface area contributed by atoms with Crippen molar-refractivity contribution in [3.8, 4) is 5.75 Å². The molecule has 2 aliphatic heterocycles. The second-order valence-corrected chi connectivity index (χ2v) is 5.44. The summed E-state index contributed by atoms with van der Waals surface area (Å²) in [6, 6.07) is 8.14. The summed E-state index contributed by atoms with van der Waals surface area (Å²) in [6.07, 6.45) is 1.85. The fourth-order valence-electron chi connectivity index (χ4n) is 3.45. The Kier molecular flexibility index (Phi) is 4.55. The molecule has 3 rings (SSSR count). The highest BCUT2D eigenvalue weighted by Crippen LogP contribution is 2.46. The Morgan fingerprint density at radius 2 is 1.85 bits per heavy atom. The summed E-state index contributed by atoms with van der Waals surface area (Å²) in [5.41, 5.74) is 1.03. The van der Waals surface area contributed by atoms with Crippen LogP contribution in [0.2, 0.25) is 0 Å². The van der Waals surface area contributed by atoms with Crippen LogP contribution in [0, 0.1) is 5.41 Å². The van der Waals surface area contributed by atoms with Gasteiger partial charge in [0, 0.05) is 12.5 Å². The standard InChI is InChI=1S/C15H20N2O2.ClH/c1-19-12-4-2-11(3-5-12)13-10-17-14(18)15(13)6-8-16-9-7-15;/h2-5,13,16H,6-10H2,1H3,(H,17,18);1H. The number of amides is 1. The first-order valence-electron chi connectivity index (χ1n) is 6.89. The van der Waals surface area contributed by atoms with Gasteiger partial charge in [-0.15, -0.1) is 12.4 Å². The van der Waals surface area contributed by atoms with E-state index in [1.165, 1.54) is 5.56 Å². The van der Waals surface area contributed by atoms with Gasteiger partial charge in [-0.2, -0.15) is 0 Å². The summed E-state index contributed by atoms with van der Waals surface area (Å²) >= 11 is 0. The van der Waals surface area contributed by atoms with E-state index in [1.807, 2.05) is 12.1 Å². The number of nitrogens with one attached hydrogen (secondary N) is 2. The van der Waals surface area contributed by atoms with Crippen molar-refractivity contribution in [2.45, 2.75) is 18.8 Å². The summed E-state index contributed by atoms with van der Waals surface area (Å²) in [7, 11) is 1.67. The smallest absolute Gasteiger partial charge is 0.227 e. The zero-order valence-electron chi connectivity index (χ0n) is 11.6. The largest absolute Gasteiger partial charge is 0.497 e. The van der Waals surface area contributed by atoms with E-state index in [1.54, 1.807) is 7.11 Å². The van der Waals surface area contributed by atoms with Gasteiger partial charge in [0.2, 0.25) is 5.91 Å². The zero-order valence-corrected chi connectivity index (χ0v) is 12.5. The second kappa shape index (κ2) is 6.02. The Balaban J connectivity index is 0.00000147. The number of rotatable bonds is 2. The van der Waals surface area contributed by atoms with Crippen LogP contribution >= 0.6 is 12.4 Å². The average Bonchev–Trinajstić information content (AvgIpc) is 2.77. The fraction of sp³-hybridized carbons (Fsp3) is 0.533. The van der Waals surface area contributed by atoms with Crippen molar-refractivity contribution in [2.24, 2.45) is 5.41 Å². The molecular formula is C15H21ClN2O2. The molecule has 0 bridgehead atoms. The van der Waals surface area contributed by atoms with Gasteiger partial charge in [-0.25, -0.2) is 0 Å². The van der Waals surface area contributed by atoms with Gasteiger partial charge < -0.3 is 15.4 Å². The van der Waals surface area contributed by atoms with Crippen LogP contribution in [0.15, 0.2) is 24.3 Å². The molecule has 2 fully saturated rings. The summed E-state index contributed by atoms with van der Waals surface area (Å²) in [5, 5.41) is 6.41. The van der Waals surface area contributed by atoms with Crippen LogP contribution in [0.1, 0.15) is 24.3 Å². The molecule has 0 aromatic heterocycles. The van der Waals surface area contributed by atoms with E-state index in [9.17, 15) is 4.79 Å². The molecule has 2 saturated heterocycles. The topological polar surface area (TPSA) is 50.4 Å². The first kappa shape index (κ1) is 15.1. The third-order valence-electron chi connectivity index (χ3n) is 4.60.